The minimum absolute atomic E-state index is 0.429. The largest absolute Gasteiger partial charge is 0.493 e. The minimum atomic E-state index is -1.06. The van der Waals surface area contributed by atoms with E-state index < -0.39 is 12.4 Å². The van der Waals surface area contributed by atoms with Crippen molar-refractivity contribution in [2.45, 2.75) is 12.4 Å². The number of hydrogen-bond donors (Lipinski definition) is 1. The Morgan fingerprint density at radius 1 is 0.586 bits per heavy atom. The van der Waals surface area contributed by atoms with Gasteiger partial charge in [0.2, 0.25) is 5.75 Å². The van der Waals surface area contributed by atoms with Crippen molar-refractivity contribution in [3.8, 4) is 28.7 Å². The highest BCUT2D eigenvalue weighted by molar-refractivity contribution is 5.57. The lowest BCUT2D eigenvalue weighted by molar-refractivity contribution is -0.107. The third-order valence-electron chi connectivity index (χ3n) is 4.57. The van der Waals surface area contributed by atoms with E-state index in [-0.39, 0.29) is 0 Å². The second-order valence-corrected chi connectivity index (χ2v) is 6.00. The highest BCUT2D eigenvalue weighted by Gasteiger charge is 2.26. The Hall–Kier alpha value is -2.68. The molecule has 0 saturated heterocycles. The molecule has 0 saturated carbocycles. The van der Waals surface area contributed by atoms with Crippen molar-refractivity contribution in [2.75, 3.05) is 49.8 Å². The molecule has 0 aliphatic heterocycles. The van der Waals surface area contributed by atoms with Crippen LogP contribution in [0.5, 0.6) is 28.7 Å². The van der Waals surface area contributed by atoms with Gasteiger partial charge in [0.1, 0.15) is 6.10 Å². The lowest BCUT2D eigenvalue weighted by Crippen LogP contribution is -2.12. The van der Waals surface area contributed by atoms with E-state index in [0.29, 0.717) is 45.4 Å². The van der Waals surface area contributed by atoms with Crippen molar-refractivity contribution in [3.63, 3.8) is 0 Å². The van der Waals surface area contributed by atoms with Gasteiger partial charge < -0.3 is 38.3 Å². The predicted octanol–water partition coefficient (Wildman–Crippen LogP) is 3.10. The molecule has 0 aliphatic rings. The number of rotatable bonds is 10. The second kappa shape index (κ2) is 10.2. The zero-order chi connectivity index (χ0) is 21.6. The van der Waals surface area contributed by atoms with Crippen LogP contribution in [-0.4, -0.2) is 54.9 Å². The summed E-state index contributed by atoms with van der Waals surface area (Å²) in [5, 5.41) is 11.2. The van der Waals surface area contributed by atoms with Gasteiger partial charge in [0, 0.05) is 19.8 Å². The summed E-state index contributed by atoms with van der Waals surface area (Å²) < 4.78 is 37.8. The van der Waals surface area contributed by atoms with Crippen LogP contribution < -0.4 is 23.7 Å². The molecule has 1 unspecified atom stereocenters. The number of aliphatic hydroxyl groups is 1. The van der Waals surface area contributed by atoms with E-state index in [1.807, 2.05) is 0 Å². The van der Waals surface area contributed by atoms with E-state index in [4.69, 9.17) is 33.2 Å². The van der Waals surface area contributed by atoms with Crippen LogP contribution in [0.3, 0.4) is 0 Å². The monoisotopic (exact) mass is 408 g/mol. The Balaban J connectivity index is 2.69. The van der Waals surface area contributed by atoms with Crippen LogP contribution in [-0.2, 0) is 9.47 Å². The maximum Gasteiger partial charge on any atom is 0.203 e. The van der Waals surface area contributed by atoms with E-state index in [0.717, 1.165) is 0 Å². The first-order chi connectivity index (χ1) is 14.0. The van der Waals surface area contributed by atoms with Gasteiger partial charge in [-0.3, -0.25) is 0 Å². The van der Waals surface area contributed by atoms with Crippen molar-refractivity contribution in [2.24, 2.45) is 0 Å². The smallest absolute Gasteiger partial charge is 0.203 e. The normalized spacial score (nSPS) is 11.9. The van der Waals surface area contributed by atoms with Crippen molar-refractivity contribution in [1.82, 2.24) is 0 Å². The van der Waals surface area contributed by atoms with Crippen LogP contribution >= 0.6 is 0 Å². The molecule has 160 valence electrons. The summed E-state index contributed by atoms with van der Waals surface area (Å²) in [4.78, 5) is 0. The maximum absolute atomic E-state index is 11.2. The average Bonchev–Trinajstić information content (AvgIpc) is 2.77. The molecular weight excluding hydrogens is 380 g/mol. The number of hydrogen-bond acceptors (Lipinski definition) is 8. The second-order valence-electron chi connectivity index (χ2n) is 6.00. The molecule has 2 rings (SSSR count). The summed E-state index contributed by atoms with van der Waals surface area (Å²) in [6, 6.07) is 6.77. The van der Waals surface area contributed by atoms with Crippen molar-refractivity contribution in [1.29, 1.82) is 0 Å². The number of benzene rings is 2. The van der Waals surface area contributed by atoms with Gasteiger partial charge in [-0.1, -0.05) is 0 Å². The molecule has 0 radical (unpaired) electrons. The molecule has 0 aliphatic carbocycles. The van der Waals surface area contributed by atoms with Crippen LogP contribution in [0.15, 0.2) is 24.3 Å². The Kier molecular flexibility index (Phi) is 7.95. The van der Waals surface area contributed by atoms with E-state index >= 15 is 0 Å². The quantitative estimate of drug-likeness (QED) is 0.601. The summed E-state index contributed by atoms with van der Waals surface area (Å²) >= 11 is 0. The molecule has 29 heavy (non-hydrogen) atoms. The van der Waals surface area contributed by atoms with E-state index in [1.165, 1.54) is 49.8 Å². The van der Waals surface area contributed by atoms with E-state index in [2.05, 4.69) is 0 Å². The first-order valence-electron chi connectivity index (χ1n) is 8.78. The molecule has 0 aromatic heterocycles. The molecule has 0 spiro atoms. The summed E-state index contributed by atoms with van der Waals surface area (Å²) in [6.07, 6.45) is -1.78. The van der Waals surface area contributed by atoms with Crippen molar-refractivity contribution >= 4 is 0 Å². The SMILES string of the molecule is COc1cc(C(OC)OC)c(C(O)c2cc(OC)c(OC)c(OC)c2)cc1OC. The van der Waals surface area contributed by atoms with Gasteiger partial charge in [-0.25, -0.2) is 0 Å². The molecule has 8 nitrogen and oxygen atoms in total. The lowest BCUT2D eigenvalue weighted by atomic mass is 9.95. The molecule has 0 fully saturated rings. The zero-order valence-corrected chi connectivity index (χ0v) is 17.8. The van der Waals surface area contributed by atoms with E-state index in [1.54, 1.807) is 24.3 Å². The summed E-state index contributed by atoms with van der Waals surface area (Å²) in [5.74, 6) is 2.24. The Bertz CT molecular complexity index is 792. The first kappa shape index (κ1) is 22.6. The Morgan fingerprint density at radius 3 is 1.41 bits per heavy atom. The molecule has 8 heteroatoms. The van der Waals surface area contributed by atoms with Crippen LogP contribution in [0.1, 0.15) is 29.1 Å². The fourth-order valence-corrected chi connectivity index (χ4v) is 3.14. The fraction of sp³-hybridized carbons (Fsp3) is 0.429. The predicted molar refractivity (Wildman–Crippen MR) is 106 cm³/mol. The Labute approximate surface area is 170 Å². The number of ether oxygens (including phenoxy) is 7. The van der Waals surface area contributed by atoms with Gasteiger partial charge in [-0.05, 0) is 35.4 Å². The van der Waals surface area contributed by atoms with Crippen molar-refractivity contribution < 1.29 is 38.3 Å². The highest BCUT2D eigenvalue weighted by atomic mass is 16.7. The topological polar surface area (TPSA) is 84.8 Å². The molecule has 2 aromatic rings. The fourth-order valence-electron chi connectivity index (χ4n) is 3.14. The van der Waals surface area contributed by atoms with E-state index in [9.17, 15) is 5.11 Å². The molecule has 1 atom stereocenters. The molecule has 0 heterocycles. The molecule has 0 amide bonds. The lowest BCUT2D eigenvalue weighted by Gasteiger charge is -2.24. The summed E-state index contributed by atoms with van der Waals surface area (Å²) in [7, 11) is 10.6. The first-order valence-corrected chi connectivity index (χ1v) is 8.78. The van der Waals surface area contributed by atoms with Gasteiger partial charge in [0.05, 0.1) is 35.5 Å². The van der Waals surface area contributed by atoms with Gasteiger partial charge in [0.25, 0.3) is 0 Å². The van der Waals surface area contributed by atoms with Crippen LogP contribution in [0.4, 0.5) is 0 Å². The zero-order valence-electron chi connectivity index (χ0n) is 17.8. The maximum atomic E-state index is 11.2. The van der Waals surface area contributed by atoms with Gasteiger partial charge >= 0.3 is 0 Å². The van der Waals surface area contributed by atoms with Gasteiger partial charge in [-0.15, -0.1) is 0 Å². The molecule has 1 N–H and O–H groups in total. The average molecular weight is 408 g/mol. The van der Waals surface area contributed by atoms with Crippen LogP contribution in [0, 0.1) is 0 Å². The van der Waals surface area contributed by atoms with Crippen LogP contribution in [0.25, 0.3) is 0 Å². The van der Waals surface area contributed by atoms with Crippen LogP contribution in [0.2, 0.25) is 0 Å². The molecule has 0 bridgehead atoms. The standard InChI is InChI=1S/C21H28O8/c1-23-15-10-13(14(11-16(15)24-2)21(28-6)29-7)19(22)12-8-17(25-3)20(27-5)18(9-12)26-4/h8-11,19,21-22H,1-7H3. The minimum Gasteiger partial charge on any atom is -0.493 e. The molecular formula is C21H28O8. The number of methoxy groups -OCH3 is 7. The van der Waals surface area contributed by atoms with Gasteiger partial charge in [0.15, 0.2) is 29.3 Å². The summed E-state index contributed by atoms with van der Waals surface area (Å²) in [5.41, 5.74) is 1.64. The third kappa shape index (κ3) is 4.50. The summed E-state index contributed by atoms with van der Waals surface area (Å²) in [6.45, 7) is 0. The molecule has 2 aromatic carbocycles. The van der Waals surface area contributed by atoms with Gasteiger partial charge in [-0.2, -0.15) is 0 Å². The number of aliphatic hydroxyl groups excluding tert-OH is 1. The highest BCUT2D eigenvalue weighted by Crippen LogP contribution is 2.43. The van der Waals surface area contributed by atoms with Crippen molar-refractivity contribution in [3.05, 3.63) is 41.0 Å². The third-order valence-corrected chi connectivity index (χ3v) is 4.57. The Morgan fingerprint density at radius 2 is 1.03 bits per heavy atom.